The monoisotopic (exact) mass is 236 g/mol. The third-order valence-corrected chi connectivity index (χ3v) is 8.70. The zero-order valence-electron chi connectivity index (χ0n) is 10.8. The van der Waals surface area contributed by atoms with Crippen LogP contribution in [-0.2, 0) is 0 Å². The average molecular weight is 237 g/mol. The SMILES string of the molecule is C[Si](C)(C)CC[Si](C)(C)c1ccccc1. The Kier molecular flexibility index (Phi) is 3.95. The lowest BCUT2D eigenvalue weighted by atomic mass is 10.4. The highest BCUT2D eigenvalue weighted by atomic mass is 28.3. The second-order valence-corrected chi connectivity index (χ2v) is 16.8. The van der Waals surface area contributed by atoms with Gasteiger partial charge >= 0.3 is 0 Å². The Morgan fingerprint density at radius 1 is 0.800 bits per heavy atom. The molecule has 0 unspecified atom stereocenters. The van der Waals surface area contributed by atoms with Crippen molar-refractivity contribution in [3.8, 4) is 0 Å². The Morgan fingerprint density at radius 3 is 1.80 bits per heavy atom. The van der Waals surface area contributed by atoms with Gasteiger partial charge in [0.05, 0.1) is 8.07 Å². The predicted molar refractivity (Wildman–Crippen MR) is 76.5 cm³/mol. The molecule has 2 heteroatoms. The van der Waals surface area contributed by atoms with Crippen LogP contribution in [0.1, 0.15) is 0 Å². The van der Waals surface area contributed by atoms with Crippen molar-refractivity contribution in [2.24, 2.45) is 0 Å². The van der Waals surface area contributed by atoms with Crippen LogP contribution in [0.25, 0.3) is 0 Å². The number of benzene rings is 1. The molecular weight excluding hydrogens is 212 g/mol. The van der Waals surface area contributed by atoms with Crippen LogP contribution in [0.5, 0.6) is 0 Å². The van der Waals surface area contributed by atoms with Gasteiger partial charge in [0.15, 0.2) is 0 Å². The highest BCUT2D eigenvalue weighted by Crippen LogP contribution is 2.19. The first-order chi connectivity index (χ1) is 6.81. The van der Waals surface area contributed by atoms with E-state index in [1.54, 1.807) is 5.19 Å². The van der Waals surface area contributed by atoms with Gasteiger partial charge in [0.2, 0.25) is 0 Å². The van der Waals surface area contributed by atoms with Crippen LogP contribution < -0.4 is 5.19 Å². The minimum atomic E-state index is -1.15. The number of hydrogen-bond acceptors (Lipinski definition) is 0. The molecule has 0 aliphatic rings. The van der Waals surface area contributed by atoms with Crippen molar-refractivity contribution in [1.82, 2.24) is 0 Å². The van der Waals surface area contributed by atoms with Crippen molar-refractivity contribution in [1.29, 1.82) is 0 Å². The first-order valence-corrected chi connectivity index (χ1v) is 12.8. The molecule has 0 fully saturated rings. The molecule has 15 heavy (non-hydrogen) atoms. The molecule has 0 saturated carbocycles. The molecule has 0 atom stereocenters. The summed E-state index contributed by atoms with van der Waals surface area (Å²) in [5.74, 6) is 0. The lowest BCUT2D eigenvalue weighted by molar-refractivity contribution is 1.28. The Morgan fingerprint density at radius 2 is 1.33 bits per heavy atom. The first-order valence-electron chi connectivity index (χ1n) is 5.87. The van der Waals surface area contributed by atoms with Gasteiger partial charge in [-0.2, -0.15) is 0 Å². The molecule has 0 bridgehead atoms. The normalized spacial score (nSPS) is 12.9. The third-order valence-electron chi connectivity index (χ3n) is 3.06. The van der Waals surface area contributed by atoms with Gasteiger partial charge in [-0.05, 0) is 0 Å². The molecule has 0 aliphatic heterocycles. The molecule has 1 aromatic carbocycles. The smallest absolute Gasteiger partial charge is 0.0696 e. The quantitative estimate of drug-likeness (QED) is 0.695. The maximum absolute atomic E-state index is 2.50. The lowest BCUT2D eigenvalue weighted by Gasteiger charge is -2.26. The lowest BCUT2D eigenvalue weighted by Crippen LogP contribution is -2.42. The topological polar surface area (TPSA) is 0 Å². The fourth-order valence-corrected chi connectivity index (χ4v) is 8.60. The second kappa shape index (κ2) is 4.66. The molecule has 0 radical (unpaired) electrons. The third kappa shape index (κ3) is 4.35. The van der Waals surface area contributed by atoms with Gasteiger partial charge in [0, 0.05) is 8.07 Å². The zero-order chi connectivity index (χ0) is 11.5. The van der Waals surface area contributed by atoms with E-state index in [0.717, 1.165) is 0 Å². The molecule has 0 amide bonds. The van der Waals surface area contributed by atoms with Crippen LogP contribution >= 0.6 is 0 Å². The van der Waals surface area contributed by atoms with Gasteiger partial charge in [-0.3, -0.25) is 0 Å². The second-order valence-electron chi connectivity index (χ2n) is 6.31. The zero-order valence-corrected chi connectivity index (χ0v) is 12.8. The maximum atomic E-state index is 2.50. The minimum Gasteiger partial charge on any atom is -0.0696 e. The van der Waals surface area contributed by atoms with Crippen LogP contribution in [0, 0.1) is 0 Å². The fraction of sp³-hybridized carbons (Fsp3) is 0.538. The van der Waals surface area contributed by atoms with Crippen LogP contribution in [0.15, 0.2) is 30.3 Å². The summed E-state index contributed by atoms with van der Waals surface area (Å²) in [6.07, 6.45) is 0. The van der Waals surface area contributed by atoms with E-state index in [1.807, 2.05) is 0 Å². The van der Waals surface area contributed by atoms with E-state index >= 15 is 0 Å². The van der Waals surface area contributed by atoms with Crippen LogP contribution in [0.4, 0.5) is 0 Å². The van der Waals surface area contributed by atoms with Gasteiger partial charge in [-0.1, -0.05) is 80.3 Å². The minimum absolute atomic E-state index is 0.865. The van der Waals surface area contributed by atoms with E-state index < -0.39 is 16.1 Å². The van der Waals surface area contributed by atoms with Crippen molar-refractivity contribution < 1.29 is 0 Å². The van der Waals surface area contributed by atoms with Crippen molar-refractivity contribution in [2.75, 3.05) is 0 Å². The predicted octanol–water partition coefficient (Wildman–Crippen LogP) is 3.94. The number of rotatable bonds is 4. The van der Waals surface area contributed by atoms with Crippen LogP contribution in [-0.4, -0.2) is 16.1 Å². The molecular formula is C13H24Si2. The van der Waals surface area contributed by atoms with Gasteiger partial charge in [0.1, 0.15) is 0 Å². The van der Waals surface area contributed by atoms with Crippen molar-refractivity contribution in [3.63, 3.8) is 0 Å². The highest BCUT2D eigenvalue weighted by molar-refractivity contribution is 6.91. The molecule has 0 nitrogen and oxygen atoms in total. The molecule has 0 spiro atoms. The van der Waals surface area contributed by atoms with E-state index in [1.165, 1.54) is 12.1 Å². The van der Waals surface area contributed by atoms with Gasteiger partial charge in [0.25, 0.3) is 0 Å². The maximum Gasteiger partial charge on any atom is 0.0803 e. The molecule has 0 heterocycles. The van der Waals surface area contributed by atoms with Crippen LogP contribution in [0.2, 0.25) is 44.8 Å². The molecule has 1 aromatic rings. The Labute approximate surface area is 96.7 Å². The highest BCUT2D eigenvalue weighted by Gasteiger charge is 2.25. The summed E-state index contributed by atoms with van der Waals surface area (Å²) in [7, 11) is -2.02. The molecule has 1 rings (SSSR count). The summed E-state index contributed by atoms with van der Waals surface area (Å²) in [5, 5.41) is 1.61. The standard InChI is InChI=1S/C13H24Si2/c1-14(2,3)11-12-15(4,5)13-9-7-6-8-10-13/h6-10H,11-12H2,1-5H3. The summed E-state index contributed by atoms with van der Waals surface area (Å²) < 4.78 is 0. The van der Waals surface area contributed by atoms with Crippen molar-refractivity contribution in [3.05, 3.63) is 30.3 Å². The van der Waals surface area contributed by atoms with E-state index in [2.05, 4.69) is 63.1 Å². The average Bonchev–Trinajstić information content (AvgIpc) is 2.16. The summed E-state index contributed by atoms with van der Waals surface area (Å²) >= 11 is 0. The first kappa shape index (κ1) is 12.7. The van der Waals surface area contributed by atoms with Gasteiger partial charge in [-0.15, -0.1) is 0 Å². The molecule has 0 aromatic heterocycles. The van der Waals surface area contributed by atoms with Crippen molar-refractivity contribution in [2.45, 2.75) is 44.8 Å². The molecule has 0 N–H and O–H groups in total. The van der Waals surface area contributed by atoms with E-state index in [0.29, 0.717) is 0 Å². The molecule has 84 valence electrons. The largest absolute Gasteiger partial charge is 0.0803 e. The van der Waals surface area contributed by atoms with E-state index in [-0.39, 0.29) is 0 Å². The van der Waals surface area contributed by atoms with E-state index in [9.17, 15) is 0 Å². The van der Waals surface area contributed by atoms with Gasteiger partial charge < -0.3 is 0 Å². The summed E-state index contributed by atoms with van der Waals surface area (Å²) in [6, 6.07) is 14.0. The van der Waals surface area contributed by atoms with E-state index in [4.69, 9.17) is 0 Å². The molecule has 0 saturated heterocycles. The van der Waals surface area contributed by atoms with Crippen molar-refractivity contribution >= 4 is 21.3 Å². The fourth-order valence-electron chi connectivity index (χ4n) is 1.72. The summed E-state index contributed by atoms with van der Waals surface area (Å²) in [6.45, 7) is 12.4. The number of hydrogen-bond donors (Lipinski definition) is 0. The Balaban J connectivity index is 2.68. The Bertz CT molecular complexity index is 296. The van der Waals surface area contributed by atoms with Gasteiger partial charge in [-0.25, -0.2) is 0 Å². The van der Waals surface area contributed by atoms with Crippen LogP contribution in [0.3, 0.4) is 0 Å². The Hall–Kier alpha value is -0.346. The molecule has 0 aliphatic carbocycles. The summed E-state index contributed by atoms with van der Waals surface area (Å²) in [5.41, 5.74) is 0. The summed E-state index contributed by atoms with van der Waals surface area (Å²) in [4.78, 5) is 0.